The lowest BCUT2D eigenvalue weighted by atomic mass is 9.90. The van der Waals surface area contributed by atoms with Gasteiger partial charge >= 0.3 is 5.97 Å². The molecule has 110 valence electrons. The van der Waals surface area contributed by atoms with Crippen LogP contribution in [0.15, 0.2) is 24.3 Å². The number of likely N-dealkylation sites (tertiary alicyclic amines) is 1. The van der Waals surface area contributed by atoms with Crippen LogP contribution >= 0.6 is 0 Å². The third-order valence-corrected chi connectivity index (χ3v) is 4.19. The van der Waals surface area contributed by atoms with E-state index in [1.54, 1.807) is 7.11 Å². The number of carboxylic acids is 1. The van der Waals surface area contributed by atoms with E-state index in [2.05, 4.69) is 4.90 Å². The summed E-state index contributed by atoms with van der Waals surface area (Å²) in [5.74, 6) is 0.137. The van der Waals surface area contributed by atoms with Crippen molar-refractivity contribution < 1.29 is 14.6 Å². The van der Waals surface area contributed by atoms with Crippen molar-refractivity contribution >= 4 is 5.97 Å². The SMILES string of the molecule is CCCC1(C(=O)O)CCCN1Cc1cccc(OC)c1. The zero-order valence-electron chi connectivity index (χ0n) is 12.3. The monoisotopic (exact) mass is 277 g/mol. The molecule has 1 aromatic rings. The molecule has 0 amide bonds. The van der Waals surface area contributed by atoms with Gasteiger partial charge in [0, 0.05) is 6.54 Å². The van der Waals surface area contributed by atoms with E-state index in [0.29, 0.717) is 13.0 Å². The van der Waals surface area contributed by atoms with Crippen molar-refractivity contribution in [1.82, 2.24) is 4.90 Å². The molecule has 0 aliphatic carbocycles. The van der Waals surface area contributed by atoms with Gasteiger partial charge in [0.2, 0.25) is 0 Å². The molecule has 0 aromatic heterocycles. The summed E-state index contributed by atoms with van der Waals surface area (Å²) in [6.07, 6.45) is 3.31. The van der Waals surface area contributed by atoms with Crippen LogP contribution in [0.5, 0.6) is 5.75 Å². The van der Waals surface area contributed by atoms with Gasteiger partial charge in [-0.1, -0.05) is 25.5 Å². The summed E-state index contributed by atoms with van der Waals surface area (Å²) < 4.78 is 5.23. The minimum Gasteiger partial charge on any atom is -0.497 e. The number of benzene rings is 1. The van der Waals surface area contributed by atoms with Crippen molar-refractivity contribution in [2.45, 2.75) is 44.7 Å². The highest BCUT2D eigenvalue weighted by Gasteiger charge is 2.46. The van der Waals surface area contributed by atoms with E-state index in [4.69, 9.17) is 4.74 Å². The maximum absolute atomic E-state index is 11.8. The van der Waals surface area contributed by atoms with Crippen LogP contribution in [0.2, 0.25) is 0 Å². The molecule has 1 aliphatic rings. The first-order chi connectivity index (χ1) is 9.62. The zero-order chi connectivity index (χ0) is 14.6. The quantitative estimate of drug-likeness (QED) is 0.868. The van der Waals surface area contributed by atoms with Gasteiger partial charge < -0.3 is 9.84 Å². The lowest BCUT2D eigenvalue weighted by molar-refractivity contribution is -0.150. The summed E-state index contributed by atoms with van der Waals surface area (Å²) in [4.78, 5) is 13.9. The molecule has 0 spiro atoms. The number of carboxylic acid groups (broad SMARTS) is 1. The van der Waals surface area contributed by atoms with Gasteiger partial charge in [0.1, 0.15) is 11.3 Å². The Morgan fingerprint density at radius 2 is 2.30 bits per heavy atom. The highest BCUT2D eigenvalue weighted by atomic mass is 16.5. The summed E-state index contributed by atoms with van der Waals surface area (Å²) in [5, 5.41) is 9.68. The summed E-state index contributed by atoms with van der Waals surface area (Å²) in [7, 11) is 1.65. The number of hydrogen-bond donors (Lipinski definition) is 1. The average Bonchev–Trinajstić information content (AvgIpc) is 2.84. The Labute approximate surface area is 120 Å². The standard InChI is InChI=1S/C16H23NO3/c1-3-8-16(15(18)19)9-5-10-17(16)12-13-6-4-7-14(11-13)20-2/h4,6-7,11H,3,5,8-10,12H2,1-2H3,(H,18,19). The van der Waals surface area contributed by atoms with E-state index < -0.39 is 11.5 Å². The fourth-order valence-corrected chi connectivity index (χ4v) is 3.20. The molecular formula is C16H23NO3. The second-order valence-electron chi connectivity index (χ2n) is 5.46. The fourth-order valence-electron chi connectivity index (χ4n) is 3.20. The normalized spacial score (nSPS) is 22.9. The molecule has 1 saturated heterocycles. The van der Waals surface area contributed by atoms with Crippen LogP contribution in [0, 0.1) is 0 Å². The van der Waals surface area contributed by atoms with Crippen LogP contribution in [-0.4, -0.2) is 35.2 Å². The average molecular weight is 277 g/mol. The van der Waals surface area contributed by atoms with Crippen LogP contribution < -0.4 is 4.74 Å². The lowest BCUT2D eigenvalue weighted by Crippen LogP contribution is -2.49. The molecule has 20 heavy (non-hydrogen) atoms. The Morgan fingerprint density at radius 3 is 2.95 bits per heavy atom. The van der Waals surface area contributed by atoms with Crippen molar-refractivity contribution in [2.24, 2.45) is 0 Å². The molecule has 0 radical (unpaired) electrons. The van der Waals surface area contributed by atoms with Crippen LogP contribution in [-0.2, 0) is 11.3 Å². The number of methoxy groups -OCH3 is 1. The van der Waals surface area contributed by atoms with Crippen LogP contribution in [0.3, 0.4) is 0 Å². The molecule has 4 nitrogen and oxygen atoms in total. The molecule has 1 heterocycles. The second-order valence-corrected chi connectivity index (χ2v) is 5.46. The minimum atomic E-state index is -0.683. The molecule has 0 saturated carbocycles. The molecule has 0 bridgehead atoms. The van der Waals surface area contributed by atoms with E-state index in [1.165, 1.54) is 0 Å². The number of rotatable bonds is 6. The van der Waals surface area contributed by atoms with E-state index >= 15 is 0 Å². The van der Waals surface area contributed by atoms with Crippen LogP contribution in [0.25, 0.3) is 0 Å². The Balaban J connectivity index is 2.19. The molecule has 1 aromatic carbocycles. The Bertz CT molecular complexity index is 475. The highest BCUT2D eigenvalue weighted by molar-refractivity contribution is 5.79. The second kappa shape index (κ2) is 6.27. The first-order valence-corrected chi connectivity index (χ1v) is 7.24. The third kappa shape index (κ3) is 2.80. The molecule has 1 aliphatic heterocycles. The number of ether oxygens (including phenoxy) is 1. The number of hydrogen-bond acceptors (Lipinski definition) is 3. The van der Waals surface area contributed by atoms with E-state index in [-0.39, 0.29) is 0 Å². The lowest BCUT2D eigenvalue weighted by Gasteiger charge is -2.34. The molecule has 1 unspecified atom stereocenters. The van der Waals surface area contributed by atoms with Crippen molar-refractivity contribution in [1.29, 1.82) is 0 Å². The Morgan fingerprint density at radius 1 is 1.50 bits per heavy atom. The van der Waals surface area contributed by atoms with Gasteiger partial charge in [0.25, 0.3) is 0 Å². The van der Waals surface area contributed by atoms with Gasteiger partial charge in [-0.25, -0.2) is 0 Å². The summed E-state index contributed by atoms with van der Waals surface area (Å²) in [5.41, 5.74) is 0.422. The van der Waals surface area contributed by atoms with Gasteiger partial charge in [-0.3, -0.25) is 9.69 Å². The van der Waals surface area contributed by atoms with Crippen LogP contribution in [0.1, 0.15) is 38.2 Å². The summed E-state index contributed by atoms with van der Waals surface area (Å²) >= 11 is 0. The first-order valence-electron chi connectivity index (χ1n) is 7.24. The fraction of sp³-hybridized carbons (Fsp3) is 0.562. The van der Waals surface area contributed by atoms with E-state index in [0.717, 1.165) is 37.1 Å². The largest absolute Gasteiger partial charge is 0.497 e. The summed E-state index contributed by atoms with van der Waals surface area (Å²) in [6, 6.07) is 7.87. The third-order valence-electron chi connectivity index (χ3n) is 4.19. The predicted molar refractivity (Wildman–Crippen MR) is 77.9 cm³/mol. The number of nitrogens with zero attached hydrogens (tertiary/aromatic N) is 1. The van der Waals surface area contributed by atoms with Gasteiger partial charge in [0.05, 0.1) is 7.11 Å². The van der Waals surface area contributed by atoms with Crippen molar-refractivity contribution in [3.63, 3.8) is 0 Å². The maximum Gasteiger partial charge on any atom is 0.324 e. The maximum atomic E-state index is 11.8. The molecule has 1 fully saturated rings. The predicted octanol–water partition coefficient (Wildman–Crippen LogP) is 2.91. The van der Waals surface area contributed by atoms with Crippen molar-refractivity contribution in [3.8, 4) is 5.75 Å². The van der Waals surface area contributed by atoms with Gasteiger partial charge in [-0.2, -0.15) is 0 Å². The van der Waals surface area contributed by atoms with Gasteiger partial charge in [-0.15, -0.1) is 0 Å². The van der Waals surface area contributed by atoms with Gasteiger partial charge in [-0.05, 0) is 43.5 Å². The smallest absolute Gasteiger partial charge is 0.324 e. The zero-order valence-corrected chi connectivity index (χ0v) is 12.3. The van der Waals surface area contributed by atoms with E-state index in [9.17, 15) is 9.90 Å². The number of aliphatic carboxylic acids is 1. The van der Waals surface area contributed by atoms with Crippen molar-refractivity contribution in [2.75, 3.05) is 13.7 Å². The molecule has 2 rings (SSSR count). The van der Waals surface area contributed by atoms with Crippen molar-refractivity contribution in [3.05, 3.63) is 29.8 Å². The van der Waals surface area contributed by atoms with E-state index in [1.807, 2.05) is 31.2 Å². The number of carbonyl (C=O) groups is 1. The molecule has 1 atom stereocenters. The molecular weight excluding hydrogens is 254 g/mol. The summed E-state index contributed by atoms with van der Waals surface area (Å²) in [6.45, 7) is 3.57. The molecule has 4 heteroatoms. The Hall–Kier alpha value is -1.55. The van der Waals surface area contributed by atoms with Crippen LogP contribution in [0.4, 0.5) is 0 Å². The first kappa shape index (κ1) is 14.9. The Kier molecular flexibility index (Phi) is 4.65. The molecule has 1 N–H and O–H groups in total. The minimum absolute atomic E-state index is 0.670. The van der Waals surface area contributed by atoms with Gasteiger partial charge in [0.15, 0.2) is 0 Å². The topological polar surface area (TPSA) is 49.8 Å². The highest BCUT2D eigenvalue weighted by Crippen LogP contribution is 2.35.